The molecule has 82 valence electrons. The number of aliphatic hydroxyl groups is 1. The Kier molecular flexibility index (Phi) is 5.01. The Balaban J connectivity index is 2.60. The van der Waals surface area contributed by atoms with E-state index in [1.807, 2.05) is 25.1 Å². The Morgan fingerprint density at radius 1 is 1.53 bits per heavy atom. The lowest BCUT2D eigenvalue weighted by molar-refractivity contribution is 0.301. The smallest absolute Gasteiger partial charge is 0.170 e. The van der Waals surface area contributed by atoms with E-state index < -0.39 is 0 Å². The summed E-state index contributed by atoms with van der Waals surface area (Å²) in [4.78, 5) is 0. The summed E-state index contributed by atoms with van der Waals surface area (Å²) in [7, 11) is 0. The Hall–Kier alpha value is -0.650. The monoisotopic (exact) mass is 288 g/mol. The fraction of sp³-hybridized carbons (Fsp3) is 0.300. The van der Waals surface area contributed by atoms with Crippen molar-refractivity contribution in [1.82, 2.24) is 5.32 Å². The molecule has 0 unspecified atom stereocenters. The van der Waals surface area contributed by atoms with Gasteiger partial charge in [-0.05, 0) is 42.9 Å². The second kappa shape index (κ2) is 6.05. The van der Waals surface area contributed by atoms with Crippen LogP contribution in [0.15, 0.2) is 22.7 Å². The van der Waals surface area contributed by atoms with Gasteiger partial charge in [-0.3, -0.25) is 0 Å². The highest BCUT2D eigenvalue weighted by Gasteiger charge is 2.00. The highest BCUT2D eigenvalue weighted by atomic mass is 79.9. The molecule has 0 saturated carbocycles. The van der Waals surface area contributed by atoms with Crippen LogP contribution in [0, 0.1) is 6.92 Å². The normalized spacial score (nSPS) is 9.80. The van der Waals surface area contributed by atoms with Crippen molar-refractivity contribution < 1.29 is 5.11 Å². The van der Waals surface area contributed by atoms with Gasteiger partial charge in [-0.1, -0.05) is 15.9 Å². The van der Waals surface area contributed by atoms with Crippen LogP contribution in [0.1, 0.15) is 5.56 Å². The molecule has 15 heavy (non-hydrogen) atoms. The van der Waals surface area contributed by atoms with Crippen molar-refractivity contribution in [2.24, 2.45) is 0 Å². The van der Waals surface area contributed by atoms with E-state index in [1.165, 1.54) is 0 Å². The minimum absolute atomic E-state index is 0.0706. The second-order valence-electron chi connectivity index (χ2n) is 3.06. The fourth-order valence-electron chi connectivity index (χ4n) is 1.10. The number of thiocarbonyl (C=S) groups is 1. The van der Waals surface area contributed by atoms with Gasteiger partial charge in [0.05, 0.1) is 6.61 Å². The summed E-state index contributed by atoms with van der Waals surface area (Å²) in [5.74, 6) is 0. The first-order chi connectivity index (χ1) is 7.13. The van der Waals surface area contributed by atoms with Crippen molar-refractivity contribution in [1.29, 1.82) is 0 Å². The molecule has 0 aliphatic rings. The van der Waals surface area contributed by atoms with Gasteiger partial charge in [-0.2, -0.15) is 0 Å². The summed E-state index contributed by atoms with van der Waals surface area (Å²) in [5, 5.41) is 15.1. The third kappa shape index (κ3) is 4.15. The molecule has 0 aliphatic carbocycles. The maximum atomic E-state index is 8.62. The molecule has 3 nitrogen and oxygen atoms in total. The zero-order valence-electron chi connectivity index (χ0n) is 8.38. The molecule has 0 radical (unpaired) electrons. The maximum absolute atomic E-state index is 8.62. The van der Waals surface area contributed by atoms with Gasteiger partial charge in [0.1, 0.15) is 0 Å². The van der Waals surface area contributed by atoms with E-state index in [4.69, 9.17) is 17.3 Å². The quantitative estimate of drug-likeness (QED) is 0.745. The second-order valence-corrected chi connectivity index (χ2v) is 4.39. The van der Waals surface area contributed by atoms with Gasteiger partial charge in [-0.15, -0.1) is 0 Å². The van der Waals surface area contributed by atoms with E-state index in [1.54, 1.807) is 0 Å². The van der Waals surface area contributed by atoms with Crippen molar-refractivity contribution in [3.63, 3.8) is 0 Å². The van der Waals surface area contributed by atoms with Crippen molar-refractivity contribution in [3.8, 4) is 0 Å². The molecule has 0 spiro atoms. The third-order valence-electron chi connectivity index (χ3n) is 1.83. The minimum Gasteiger partial charge on any atom is -0.395 e. The van der Waals surface area contributed by atoms with Gasteiger partial charge in [-0.25, -0.2) is 0 Å². The van der Waals surface area contributed by atoms with Gasteiger partial charge in [0.15, 0.2) is 5.11 Å². The predicted octanol–water partition coefficient (Wildman–Crippen LogP) is 2.04. The molecule has 3 N–H and O–H groups in total. The first-order valence-electron chi connectivity index (χ1n) is 4.55. The number of aryl methyl sites for hydroxylation is 1. The lowest BCUT2D eigenvalue weighted by Crippen LogP contribution is -2.30. The zero-order chi connectivity index (χ0) is 11.3. The molecule has 0 bridgehead atoms. The van der Waals surface area contributed by atoms with Gasteiger partial charge < -0.3 is 15.7 Å². The lowest BCUT2D eigenvalue weighted by atomic mass is 10.2. The van der Waals surface area contributed by atoms with Gasteiger partial charge in [0.25, 0.3) is 0 Å². The van der Waals surface area contributed by atoms with Gasteiger partial charge >= 0.3 is 0 Å². The number of hydrogen-bond acceptors (Lipinski definition) is 2. The molecule has 0 amide bonds. The third-order valence-corrected chi connectivity index (χ3v) is 2.57. The molecule has 0 aliphatic heterocycles. The molecule has 0 fully saturated rings. The van der Waals surface area contributed by atoms with Crippen LogP contribution in [0.25, 0.3) is 0 Å². The number of anilines is 1. The summed E-state index contributed by atoms with van der Waals surface area (Å²) in [6.07, 6.45) is 0. The van der Waals surface area contributed by atoms with Crippen LogP contribution in [-0.4, -0.2) is 23.4 Å². The average Bonchev–Trinajstić information content (AvgIpc) is 2.19. The number of benzene rings is 1. The highest BCUT2D eigenvalue weighted by Crippen LogP contribution is 2.19. The molecule has 1 aromatic rings. The molecular weight excluding hydrogens is 276 g/mol. The van der Waals surface area contributed by atoms with Crippen molar-refractivity contribution >= 4 is 38.9 Å². The molecule has 0 aromatic heterocycles. The fourth-order valence-corrected chi connectivity index (χ4v) is 1.79. The Bertz CT molecular complexity index is 357. The molecule has 5 heteroatoms. The summed E-state index contributed by atoms with van der Waals surface area (Å²) in [6, 6.07) is 5.91. The van der Waals surface area contributed by atoms with Crippen LogP contribution < -0.4 is 10.6 Å². The first kappa shape index (κ1) is 12.4. The number of nitrogens with one attached hydrogen (secondary N) is 2. The predicted molar refractivity (Wildman–Crippen MR) is 70.2 cm³/mol. The Morgan fingerprint density at radius 2 is 2.27 bits per heavy atom. The zero-order valence-corrected chi connectivity index (χ0v) is 10.8. The van der Waals surface area contributed by atoms with Gasteiger partial charge in [0.2, 0.25) is 0 Å². The van der Waals surface area contributed by atoms with E-state index in [9.17, 15) is 0 Å². The number of halogens is 1. The van der Waals surface area contributed by atoms with Crippen LogP contribution in [0.3, 0.4) is 0 Å². The number of hydrogen-bond donors (Lipinski definition) is 3. The molecular formula is C10H13BrN2OS. The summed E-state index contributed by atoms with van der Waals surface area (Å²) in [5.41, 5.74) is 2.08. The maximum Gasteiger partial charge on any atom is 0.170 e. The largest absolute Gasteiger partial charge is 0.395 e. The van der Waals surface area contributed by atoms with Crippen LogP contribution in [0.5, 0.6) is 0 Å². The van der Waals surface area contributed by atoms with E-state index in [-0.39, 0.29) is 6.61 Å². The SMILES string of the molecule is Cc1cc(Br)ccc1NC(=S)NCCO. The Labute approximate surface area is 103 Å². The average molecular weight is 289 g/mol. The first-order valence-corrected chi connectivity index (χ1v) is 5.75. The number of aliphatic hydroxyl groups excluding tert-OH is 1. The highest BCUT2D eigenvalue weighted by molar-refractivity contribution is 9.10. The van der Waals surface area contributed by atoms with E-state index >= 15 is 0 Å². The molecule has 0 saturated heterocycles. The molecule has 1 aromatic carbocycles. The van der Waals surface area contributed by atoms with E-state index in [0.717, 1.165) is 15.7 Å². The Morgan fingerprint density at radius 3 is 2.87 bits per heavy atom. The van der Waals surface area contributed by atoms with Crippen LogP contribution in [0.4, 0.5) is 5.69 Å². The van der Waals surface area contributed by atoms with Crippen molar-refractivity contribution in [3.05, 3.63) is 28.2 Å². The van der Waals surface area contributed by atoms with Gasteiger partial charge in [0, 0.05) is 16.7 Å². The summed E-state index contributed by atoms with van der Waals surface area (Å²) < 4.78 is 1.04. The molecule has 0 atom stereocenters. The van der Waals surface area contributed by atoms with E-state index in [0.29, 0.717) is 11.7 Å². The molecule has 1 rings (SSSR count). The van der Waals surface area contributed by atoms with E-state index in [2.05, 4.69) is 26.6 Å². The standard InChI is InChI=1S/C10H13BrN2OS/c1-7-6-8(11)2-3-9(7)13-10(15)12-4-5-14/h2-3,6,14H,4-5H2,1H3,(H2,12,13,15). The van der Waals surface area contributed by atoms with Crippen LogP contribution in [0.2, 0.25) is 0 Å². The summed E-state index contributed by atoms with van der Waals surface area (Å²) in [6.45, 7) is 2.53. The minimum atomic E-state index is 0.0706. The topological polar surface area (TPSA) is 44.3 Å². The van der Waals surface area contributed by atoms with Crippen molar-refractivity contribution in [2.75, 3.05) is 18.5 Å². The van der Waals surface area contributed by atoms with Crippen LogP contribution >= 0.6 is 28.1 Å². The molecule has 0 heterocycles. The van der Waals surface area contributed by atoms with Crippen LogP contribution in [-0.2, 0) is 0 Å². The van der Waals surface area contributed by atoms with Crippen molar-refractivity contribution in [2.45, 2.75) is 6.92 Å². The number of rotatable bonds is 3. The lowest BCUT2D eigenvalue weighted by Gasteiger charge is -2.11. The summed E-state index contributed by atoms with van der Waals surface area (Å²) >= 11 is 8.44.